The van der Waals surface area contributed by atoms with E-state index in [0.29, 0.717) is 0 Å². The van der Waals surface area contributed by atoms with Crippen molar-refractivity contribution in [2.75, 3.05) is 0 Å². The molecule has 29 valence electrons. The molecule has 0 heterocycles. The minimum atomic E-state index is -0.833. The minimum Gasteiger partial charge on any atom is -0.352 e. The van der Waals surface area contributed by atoms with E-state index in [0.717, 1.165) is 0 Å². The van der Waals surface area contributed by atoms with Crippen LogP contribution in [0.5, 0.6) is 0 Å². The van der Waals surface area contributed by atoms with Crippen molar-refractivity contribution in [3.8, 4) is 0 Å². The van der Waals surface area contributed by atoms with Crippen LogP contribution in [0, 0.1) is 0 Å². The van der Waals surface area contributed by atoms with Crippen LogP contribution in [0.15, 0.2) is 0 Å². The minimum absolute atomic E-state index is 0. The first kappa shape index (κ1) is 8.89. The number of rotatable bonds is 0. The van der Waals surface area contributed by atoms with E-state index in [-0.39, 0.29) is 22.4 Å². The van der Waals surface area contributed by atoms with E-state index in [1.54, 1.807) is 0 Å². The molecule has 1 radical (unpaired) electrons. The van der Waals surface area contributed by atoms with Crippen LogP contribution >= 0.6 is 0 Å². The van der Waals surface area contributed by atoms with Crippen LogP contribution in [-0.4, -0.2) is 6.03 Å². The molecule has 0 aromatic carbocycles. The third kappa shape index (κ3) is 154000. The predicted octanol–water partition coefficient (Wildman–Crippen LogP) is -0.979. The monoisotopic (exact) mass is 153 g/mol. The Morgan fingerprint density at radius 3 is 1.40 bits per heavy atom. The number of hydrogen-bond acceptors (Lipinski definition) is 1. The van der Waals surface area contributed by atoms with Gasteiger partial charge in [-0.15, -0.1) is 0 Å². The Morgan fingerprint density at radius 2 is 1.40 bits per heavy atom. The second-order valence-corrected chi connectivity index (χ2v) is 0.402. The summed E-state index contributed by atoms with van der Waals surface area (Å²) in [6.07, 6.45) is 0. The molecule has 0 aromatic heterocycles. The van der Waals surface area contributed by atoms with Gasteiger partial charge in [0.2, 0.25) is 0 Å². The Morgan fingerprint density at radius 1 is 1.40 bits per heavy atom. The Labute approximate surface area is 45.2 Å². The number of amides is 2. The average molecular weight is 153 g/mol. The molecule has 0 spiro atoms. The first-order valence-electron chi connectivity index (χ1n) is 0.781. The fourth-order valence-corrected chi connectivity index (χ4v) is 0. The Hall–Kier alpha value is 0.0103. The second kappa shape index (κ2) is 4.01. The fourth-order valence-electron chi connectivity index (χ4n) is 0. The van der Waals surface area contributed by atoms with Crippen LogP contribution in [-0.2, 0) is 22.4 Å². The summed E-state index contributed by atoms with van der Waals surface area (Å²) in [5.74, 6) is 0. The van der Waals surface area contributed by atoms with Gasteiger partial charge in [0.05, 0.1) is 0 Å². The van der Waals surface area contributed by atoms with Crippen molar-refractivity contribution >= 4 is 6.03 Å². The maximum atomic E-state index is 9.00. The molecular weight excluding hydrogens is 149 g/mol. The number of urea groups is 1. The summed E-state index contributed by atoms with van der Waals surface area (Å²) in [5.41, 5.74) is 8.50. The van der Waals surface area contributed by atoms with E-state index < -0.39 is 6.03 Å². The zero-order valence-corrected chi connectivity index (χ0v) is 4.71. The zero-order chi connectivity index (χ0) is 3.58. The molecule has 0 aliphatic carbocycles. The quantitative estimate of drug-likeness (QED) is 0.431. The number of nitrogens with two attached hydrogens (primary N) is 2. The zero-order valence-electron chi connectivity index (χ0n) is 2.51. The molecule has 0 bridgehead atoms. The molecule has 0 fully saturated rings. The largest absolute Gasteiger partial charge is 0.352 e. The van der Waals surface area contributed by atoms with Gasteiger partial charge in [-0.1, -0.05) is 0 Å². The molecule has 0 atom stereocenters. The second-order valence-electron chi connectivity index (χ2n) is 0.402. The van der Waals surface area contributed by atoms with Gasteiger partial charge in [-0.2, -0.15) is 0 Å². The van der Waals surface area contributed by atoms with Gasteiger partial charge in [-0.05, 0) is 0 Å². The molecule has 0 rings (SSSR count). The Bertz CT molecular complexity index is 32.6. The molecule has 0 saturated heterocycles. The van der Waals surface area contributed by atoms with Crippen LogP contribution in [0.2, 0.25) is 0 Å². The molecule has 4 N–H and O–H groups in total. The smallest absolute Gasteiger partial charge is 0.309 e. The number of carbonyl (C=O) groups excluding carboxylic acids is 1. The van der Waals surface area contributed by atoms with Crippen molar-refractivity contribution in [2.45, 2.75) is 0 Å². The summed E-state index contributed by atoms with van der Waals surface area (Å²) in [7, 11) is 0. The maximum absolute atomic E-state index is 9.00. The van der Waals surface area contributed by atoms with Crippen molar-refractivity contribution in [2.24, 2.45) is 11.5 Å². The number of carbonyl (C=O) groups is 1. The van der Waals surface area contributed by atoms with Crippen molar-refractivity contribution in [3.63, 3.8) is 0 Å². The summed E-state index contributed by atoms with van der Waals surface area (Å²) in [5, 5.41) is 0. The fraction of sp³-hybridized carbons (Fsp3) is 0. The Kier molecular flexibility index (Phi) is 7.13. The topological polar surface area (TPSA) is 69.1 Å². The first-order chi connectivity index (χ1) is 1.73. The molecule has 2 amide bonds. The van der Waals surface area contributed by atoms with E-state index in [1.165, 1.54) is 0 Å². The maximum Gasteiger partial charge on any atom is 0.309 e. The van der Waals surface area contributed by atoms with Crippen LogP contribution in [0.1, 0.15) is 0 Å². The first-order valence-corrected chi connectivity index (χ1v) is 0.781. The van der Waals surface area contributed by atoms with Gasteiger partial charge in [0.15, 0.2) is 0 Å². The van der Waals surface area contributed by atoms with E-state index >= 15 is 0 Å². The van der Waals surface area contributed by atoms with E-state index in [1.807, 2.05) is 0 Å². The molecule has 0 saturated carbocycles. The van der Waals surface area contributed by atoms with Gasteiger partial charge in [0.25, 0.3) is 0 Å². The standard InChI is InChI=1S/CH4N2O.Nb/c2-1(3)4;/h(H4,2,3,4);. The summed E-state index contributed by atoms with van der Waals surface area (Å²) >= 11 is 0. The number of primary amides is 2. The van der Waals surface area contributed by atoms with Crippen LogP contribution in [0.3, 0.4) is 0 Å². The van der Waals surface area contributed by atoms with Crippen LogP contribution < -0.4 is 11.5 Å². The molecule has 0 aliphatic rings. The molecule has 0 aromatic rings. The van der Waals surface area contributed by atoms with Gasteiger partial charge >= 0.3 is 6.03 Å². The van der Waals surface area contributed by atoms with Crippen molar-refractivity contribution in [3.05, 3.63) is 0 Å². The van der Waals surface area contributed by atoms with Gasteiger partial charge in [-0.25, -0.2) is 4.79 Å². The molecular formula is CH4N2NbO. The predicted molar refractivity (Wildman–Crippen MR) is 13.8 cm³/mol. The van der Waals surface area contributed by atoms with Crippen molar-refractivity contribution in [1.82, 2.24) is 0 Å². The van der Waals surface area contributed by atoms with E-state index in [4.69, 9.17) is 4.79 Å². The molecule has 0 aliphatic heterocycles. The third-order valence-electron chi connectivity index (χ3n) is 0. The molecule has 4 heteroatoms. The van der Waals surface area contributed by atoms with Crippen molar-refractivity contribution in [1.29, 1.82) is 0 Å². The van der Waals surface area contributed by atoms with Gasteiger partial charge in [0.1, 0.15) is 0 Å². The third-order valence-corrected chi connectivity index (χ3v) is 0. The Balaban J connectivity index is 0. The molecule has 0 unspecified atom stereocenters. The molecule has 3 nitrogen and oxygen atoms in total. The van der Waals surface area contributed by atoms with E-state index in [9.17, 15) is 0 Å². The summed E-state index contributed by atoms with van der Waals surface area (Å²) < 4.78 is 0. The summed E-state index contributed by atoms with van der Waals surface area (Å²) in [4.78, 5) is 9.00. The number of hydrogen-bond donors (Lipinski definition) is 2. The van der Waals surface area contributed by atoms with Gasteiger partial charge in [0, 0.05) is 22.4 Å². The van der Waals surface area contributed by atoms with Gasteiger partial charge in [-0.3, -0.25) is 0 Å². The summed E-state index contributed by atoms with van der Waals surface area (Å²) in [6, 6.07) is -0.833. The molecule has 5 heavy (non-hydrogen) atoms. The average Bonchev–Trinajstić information content (AvgIpc) is 0.811. The van der Waals surface area contributed by atoms with Crippen molar-refractivity contribution < 1.29 is 27.2 Å². The van der Waals surface area contributed by atoms with E-state index in [2.05, 4.69) is 11.5 Å². The van der Waals surface area contributed by atoms with Gasteiger partial charge < -0.3 is 11.5 Å². The SMILES string of the molecule is NC(N)=O.[Nb]. The summed E-state index contributed by atoms with van der Waals surface area (Å²) in [6.45, 7) is 0. The van der Waals surface area contributed by atoms with Crippen LogP contribution in [0.25, 0.3) is 0 Å². The van der Waals surface area contributed by atoms with Crippen LogP contribution in [0.4, 0.5) is 4.79 Å². The normalized spacial score (nSPS) is 4.80.